The highest BCUT2D eigenvalue weighted by Crippen LogP contribution is 2.48. The van der Waals surface area contributed by atoms with Crippen LogP contribution in [0.15, 0.2) is 30.4 Å². The van der Waals surface area contributed by atoms with E-state index in [2.05, 4.69) is 5.32 Å². The molecule has 0 aromatic heterocycles. The van der Waals surface area contributed by atoms with Crippen LogP contribution in [0, 0.1) is 23.7 Å². The summed E-state index contributed by atoms with van der Waals surface area (Å²) in [6, 6.07) is 4.77. The highest BCUT2D eigenvalue weighted by atomic mass is 35.5. The number of halogens is 2. The molecule has 4 nitrogen and oxygen atoms in total. The van der Waals surface area contributed by atoms with Crippen LogP contribution in [0.25, 0.3) is 0 Å². The van der Waals surface area contributed by atoms with Crippen molar-refractivity contribution in [2.45, 2.75) is 6.42 Å². The van der Waals surface area contributed by atoms with Gasteiger partial charge in [0.2, 0.25) is 5.91 Å². The quantitative estimate of drug-likeness (QED) is 0.836. The summed E-state index contributed by atoms with van der Waals surface area (Å²) < 4.78 is 0. The third-order valence-electron chi connectivity index (χ3n) is 4.23. The SMILES string of the molecule is O=C(O)[C@@H]1[C@H](C(=O)Nc2cc(Cl)ccc2Cl)[C@H]2C=C[C@H]1C2. The Labute approximate surface area is 131 Å². The number of nitrogens with one attached hydrogen (secondary N) is 1. The van der Waals surface area contributed by atoms with E-state index in [9.17, 15) is 14.7 Å². The molecule has 2 aliphatic rings. The summed E-state index contributed by atoms with van der Waals surface area (Å²) in [6.45, 7) is 0. The van der Waals surface area contributed by atoms with E-state index in [0.717, 1.165) is 6.42 Å². The molecule has 110 valence electrons. The second kappa shape index (κ2) is 5.35. The molecule has 1 fully saturated rings. The number of carboxylic acid groups (broad SMARTS) is 1. The monoisotopic (exact) mass is 325 g/mol. The maximum atomic E-state index is 12.5. The van der Waals surface area contributed by atoms with Crippen molar-refractivity contribution in [3.05, 3.63) is 40.4 Å². The van der Waals surface area contributed by atoms with Gasteiger partial charge < -0.3 is 10.4 Å². The lowest BCUT2D eigenvalue weighted by atomic mass is 9.82. The largest absolute Gasteiger partial charge is 0.481 e. The Kier molecular flexibility index (Phi) is 3.68. The minimum absolute atomic E-state index is 0.0194. The Bertz CT molecular complexity index is 644. The predicted octanol–water partition coefficient (Wildman–Crippen LogP) is 3.45. The van der Waals surface area contributed by atoms with E-state index < -0.39 is 17.8 Å². The molecule has 0 radical (unpaired) electrons. The molecular formula is C15H13Cl2NO3. The summed E-state index contributed by atoms with van der Waals surface area (Å²) in [5, 5.41) is 12.9. The third kappa shape index (κ3) is 2.54. The van der Waals surface area contributed by atoms with Crippen LogP contribution in [-0.4, -0.2) is 17.0 Å². The van der Waals surface area contributed by atoms with E-state index in [4.69, 9.17) is 23.2 Å². The normalized spacial score (nSPS) is 29.6. The van der Waals surface area contributed by atoms with Crippen molar-refractivity contribution in [2.75, 3.05) is 5.32 Å². The molecular weight excluding hydrogens is 313 g/mol. The van der Waals surface area contributed by atoms with Crippen LogP contribution >= 0.6 is 23.2 Å². The molecule has 0 spiro atoms. The van der Waals surface area contributed by atoms with Crippen LogP contribution in [0.5, 0.6) is 0 Å². The molecule has 1 aromatic carbocycles. The second-order valence-corrected chi connectivity index (χ2v) is 6.30. The second-order valence-electron chi connectivity index (χ2n) is 5.45. The highest BCUT2D eigenvalue weighted by molar-refractivity contribution is 6.35. The summed E-state index contributed by atoms with van der Waals surface area (Å²) in [4.78, 5) is 23.9. The zero-order valence-electron chi connectivity index (χ0n) is 10.9. The molecule has 2 aliphatic carbocycles. The molecule has 2 N–H and O–H groups in total. The van der Waals surface area contributed by atoms with E-state index in [1.165, 1.54) is 0 Å². The lowest BCUT2D eigenvalue weighted by Gasteiger charge is -2.24. The number of carboxylic acids is 1. The Hall–Kier alpha value is -1.52. The average Bonchev–Trinajstić information content (AvgIpc) is 3.03. The number of hydrogen-bond donors (Lipinski definition) is 2. The van der Waals surface area contributed by atoms with Gasteiger partial charge in [-0.25, -0.2) is 0 Å². The first kappa shape index (κ1) is 14.4. The number of fused-ring (bicyclic) bond motifs is 2. The summed E-state index contributed by atoms with van der Waals surface area (Å²) in [5.74, 6) is -2.55. The van der Waals surface area contributed by atoms with Gasteiger partial charge in [0.05, 0.1) is 22.5 Å². The lowest BCUT2D eigenvalue weighted by Crippen LogP contribution is -2.36. The van der Waals surface area contributed by atoms with Crippen LogP contribution in [0.4, 0.5) is 5.69 Å². The first-order chi connectivity index (χ1) is 9.97. The van der Waals surface area contributed by atoms with Gasteiger partial charge in [0, 0.05) is 5.02 Å². The molecule has 3 rings (SSSR count). The van der Waals surface area contributed by atoms with E-state index >= 15 is 0 Å². The van der Waals surface area contributed by atoms with Gasteiger partial charge >= 0.3 is 5.97 Å². The van der Waals surface area contributed by atoms with E-state index in [1.807, 2.05) is 12.2 Å². The van der Waals surface area contributed by atoms with Crippen molar-refractivity contribution in [3.8, 4) is 0 Å². The molecule has 0 saturated heterocycles. The van der Waals surface area contributed by atoms with Crippen molar-refractivity contribution in [2.24, 2.45) is 23.7 Å². The summed E-state index contributed by atoms with van der Waals surface area (Å²) in [5.41, 5.74) is 0.407. The fourth-order valence-electron chi connectivity index (χ4n) is 3.33. The molecule has 0 heterocycles. The molecule has 1 aromatic rings. The van der Waals surface area contributed by atoms with Crippen molar-refractivity contribution in [1.82, 2.24) is 0 Å². The summed E-state index contributed by atoms with van der Waals surface area (Å²) in [6.07, 6.45) is 4.56. The molecule has 4 atom stereocenters. The molecule has 1 saturated carbocycles. The number of allylic oxidation sites excluding steroid dienone is 2. The number of carbonyl (C=O) groups is 2. The molecule has 6 heteroatoms. The maximum Gasteiger partial charge on any atom is 0.307 e. The van der Waals surface area contributed by atoms with Crippen molar-refractivity contribution < 1.29 is 14.7 Å². The van der Waals surface area contributed by atoms with Gasteiger partial charge in [-0.05, 0) is 36.5 Å². The van der Waals surface area contributed by atoms with E-state index in [1.54, 1.807) is 18.2 Å². The number of anilines is 1. The first-order valence-electron chi connectivity index (χ1n) is 6.64. The van der Waals surface area contributed by atoms with Gasteiger partial charge in [0.15, 0.2) is 0 Å². The van der Waals surface area contributed by atoms with Gasteiger partial charge in [-0.2, -0.15) is 0 Å². The number of rotatable bonds is 3. The number of carbonyl (C=O) groups excluding carboxylic acids is 1. The van der Waals surface area contributed by atoms with Crippen molar-refractivity contribution in [1.29, 1.82) is 0 Å². The minimum atomic E-state index is -0.927. The zero-order valence-corrected chi connectivity index (χ0v) is 12.4. The minimum Gasteiger partial charge on any atom is -0.481 e. The average molecular weight is 326 g/mol. The van der Waals surface area contributed by atoms with Crippen LogP contribution in [0.1, 0.15) is 6.42 Å². The van der Waals surface area contributed by atoms with Gasteiger partial charge in [-0.3, -0.25) is 9.59 Å². The first-order valence-corrected chi connectivity index (χ1v) is 7.40. The van der Waals surface area contributed by atoms with Gasteiger partial charge in [0.25, 0.3) is 0 Å². The van der Waals surface area contributed by atoms with Gasteiger partial charge in [0.1, 0.15) is 0 Å². The van der Waals surface area contributed by atoms with Crippen LogP contribution in [0.2, 0.25) is 10.0 Å². The fourth-order valence-corrected chi connectivity index (χ4v) is 3.66. The van der Waals surface area contributed by atoms with Gasteiger partial charge in [-0.1, -0.05) is 35.4 Å². The number of hydrogen-bond acceptors (Lipinski definition) is 2. The lowest BCUT2D eigenvalue weighted by molar-refractivity contribution is -0.146. The molecule has 1 amide bonds. The number of amides is 1. The standard InChI is InChI=1S/C15H13Cl2NO3/c16-9-3-4-10(17)11(6-9)18-14(19)12-7-1-2-8(5-7)13(12)15(20)21/h1-4,6-8,12-13H,5H2,(H,18,19)(H,20,21)/t7-,8-,12+,13-/m0/s1. The predicted molar refractivity (Wildman–Crippen MR) is 80.4 cm³/mol. The highest BCUT2D eigenvalue weighted by Gasteiger charge is 2.51. The van der Waals surface area contributed by atoms with Crippen LogP contribution < -0.4 is 5.32 Å². The maximum absolute atomic E-state index is 12.5. The zero-order chi connectivity index (χ0) is 15.1. The summed E-state index contributed by atoms with van der Waals surface area (Å²) in [7, 11) is 0. The third-order valence-corrected chi connectivity index (χ3v) is 4.80. The molecule has 0 unspecified atom stereocenters. The molecule has 21 heavy (non-hydrogen) atoms. The van der Waals surface area contributed by atoms with Crippen LogP contribution in [-0.2, 0) is 9.59 Å². The smallest absolute Gasteiger partial charge is 0.307 e. The Morgan fingerprint density at radius 2 is 1.81 bits per heavy atom. The molecule has 2 bridgehead atoms. The number of benzene rings is 1. The molecule has 0 aliphatic heterocycles. The van der Waals surface area contributed by atoms with Crippen molar-refractivity contribution >= 4 is 40.8 Å². The van der Waals surface area contributed by atoms with E-state index in [0.29, 0.717) is 15.7 Å². The Balaban J connectivity index is 1.83. The summed E-state index contributed by atoms with van der Waals surface area (Å²) >= 11 is 11.9. The van der Waals surface area contributed by atoms with Crippen LogP contribution in [0.3, 0.4) is 0 Å². The van der Waals surface area contributed by atoms with Crippen molar-refractivity contribution in [3.63, 3.8) is 0 Å². The van der Waals surface area contributed by atoms with E-state index in [-0.39, 0.29) is 17.7 Å². The topological polar surface area (TPSA) is 66.4 Å². The fraction of sp³-hybridized carbons (Fsp3) is 0.333. The van der Waals surface area contributed by atoms with Gasteiger partial charge in [-0.15, -0.1) is 0 Å². The Morgan fingerprint density at radius 1 is 1.14 bits per heavy atom. The number of aliphatic carboxylic acids is 1. The Morgan fingerprint density at radius 3 is 2.48 bits per heavy atom.